The topological polar surface area (TPSA) is 56.1 Å². The third kappa shape index (κ3) is 5.69. The predicted octanol–water partition coefficient (Wildman–Crippen LogP) is 3.34. The number of nitrogens with zero attached hydrogens (tertiary/aromatic N) is 5. The Kier molecular flexibility index (Phi) is 7.80. The molecule has 5 rings (SSSR count). The van der Waals surface area contributed by atoms with Crippen LogP contribution in [0.3, 0.4) is 0 Å². The van der Waals surface area contributed by atoms with Gasteiger partial charge in [-0.15, -0.1) is 0 Å². The van der Waals surface area contributed by atoms with E-state index in [9.17, 15) is 4.79 Å². The number of amides is 1. The van der Waals surface area contributed by atoms with Gasteiger partial charge < -0.3 is 9.42 Å². The molecule has 0 unspecified atom stereocenters. The summed E-state index contributed by atoms with van der Waals surface area (Å²) in [5, 5.41) is 4.07. The molecular formula is C29H37N5O2. The third-order valence-corrected chi connectivity index (χ3v) is 7.65. The van der Waals surface area contributed by atoms with E-state index in [0.29, 0.717) is 6.54 Å². The van der Waals surface area contributed by atoms with Gasteiger partial charge in [-0.3, -0.25) is 19.5 Å². The number of hydrogen-bond acceptors (Lipinski definition) is 6. The maximum Gasteiger partial charge on any atom is 0.236 e. The van der Waals surface area contributed by atoms with Gasteiger partial charge in [-0.2, -0.15) is 0 Å². The molecule has 1 aromatic heterocycles. The van der Waals surface area contributed by atoms with Gasteiger partial charge in [-0.25, -0.2) is 0 Å². The average Bonchev–Trinajstić information content (AvgIpc) is 3.23. The van der Waals surface area contributed by atoms with Gasteiger partial charge in [0.15, 0.2) is 0 Å². The average molecular weight is 488 g/mol. The van der Waals surface area contributed by atoms with Crippen molar-refractivity contribution in [1.29, 1.82) is 0 Å². The van der Waals surface area contributed by atoms with Crippen LogP contribution in [-0.2, 0) is 11.3 Å². The summed E-state index contributed by atoms with van der Waals surface area (Å²) in [6.07, 6.45) is 0. The van der Waals surface area contributed by atoms with Gasteiger partial charge in [0.2, 0.25) is 5.91 Å². The molecule has 190 valence electrons. The molecule has 0 bridgehead atoms. The fourth-order valence-electron chi connectivity index (χ4n) is 5.46. The van der Waals surface area contributed by atoms with Gasteiger partial charge in [0.1, 0.15) is 5.76 Å². The number of carbonyl (C=O) groups excluding carboxylic acids is 1. The minimum atomic E-state index is 0.246. The zero-order valence-corrected chi connectivity index (χ0v) is 21.5. The highest BCUT2D eigenvalue weighted by Crippen LogP contribution is 2.29. The zero-order valence-electron chi connectivity index (χ0n) is 21.5. The maximum absolute atomic E-state index is 13.1. The number of hydrogen-bond donors (Lipinski definition) is 0. The number of carbonyl (C=O) groups is 1. The summed E-state index contributed by atoms with van der Waals surface area (Å²) in [6.45, 7) is 12.4. The standard InChI is InChI=1S/C29H37N5O2/c1-23-27(24(2)36-30-23)21-31-13-17-33(18-14-31)28(35)22-32-15-19-34(20-16-32)29(25-9-5-3-6-10-25)26-11-7-4-8-12-26/h3-12,29H,13-22H2,1-2H3. The molecule has 7 nitrogen and oxygen atoms in total. The summed E-state index contributed by atoms with van der Waals surface area (Å²) < 4.78 is 5.30. The molecule has 0 saturated carbocycles. The first-order chi connectivity index (χ1) is 17.6. The number of rotatable bonds is 7. The van der Waals surface area contributed by atoms with Crippen LogP contribution in [0.2, 0.25) is 0 Å². The van der Waals surface area contributed by atoms with Gasteiger partial charge in [-0.1, -0.05) is 65.8 Å². The third-order valence-electron chi connectivity index (χ3n) is 7.65. The van der Waals surface area contributed by atoms with Crippen LogP contribution >= 0.6 is 0 Å². The molecule has 7 heteroatoms. The molecule has 0 aliphatic carbocycles. The second kappa shape index (κ2) is 11.4. The first-order valence-corrected chi connectivity index (χ1v) is 13.1. The van der Waals surface area contributed by atoms with Crippen molar-refractivity contribution in [3.05, 3.63) is 88.8 Å². The summed E-state index contributed by atoms with van der Waals surface area (Å²) in [5.74, 6) is 1.15. The molecule has 0 spiro atoms. The molecule has 3 heterocycles. The molecule has 2 fully saturated rings. The molecule has 0 radical (unpaired) electrons. The van der Waals surface area contributed by atoms with Crippen LogP contribution in [0.1, 0.15) is 34.2 Å². The lowest BCUT2D eigenvalue weighted by molar-refractivity contribution is -0.134. The predicted molar refractivity (Wildman–Crippen MR) is 141 cm³/mol. The van der Waals surface area contributed by atoms with E-state index >= 15 is 0 Å². The Morgan fingerprint density at radius 1 is 0.806 bits per heavy atom. The summed E-state index contributed by atoms with van der Waals surface area (Å²) in [7, 11) is 0. The van der Waals surface area contributed by atoms with Crippen molar-refractivity contribution in [2.24, 2.45) is 0 Å². The molecule has 1 amide bonds. The van der Waals surface area contributed by atoms with E-state index in [1.165, 1.54) is 16.7 Å². The van der Waals surface area contributed by atoms with Crippen LogP contribution < -0.4 is 0 Å². The highest BCUT2D eigenvalue weighted by atomic mass is 16.5. The van der Waals surface area contributed by atoms with E-state index in [-0.39, 0.29) is 11.9 Å². The van der Waals surface area contributed by atoms with Crippen molar-refractivity contribution in [3.63, 3.8) is 0 Å². The lowest BCUT2D eigenvalue weighted by Crippen LogP contribution is -2.54. The molecule has 2 aliphatic heterocycles. The minimum Gasteiger partial charge on any atom is -0.361 e. The van der Waals surface area contributed by atoms with Crippen molar-refractivity contribution in [1.82, 2.24) is 24.8 Å². The molecule has 0 atom stereocenters. The summed E-state index contributed by atoms with van der Waals surface area (Å²) in [5.41, 5.74) is 4.79. The van der Waals surface area contributed by atoms with Crippen molar-refractivity contribution in [3.8, 4) is 0 Å². The monoisotopic (exact) mass is 487 g/mol. The van der Waals surface area contributed by atoms with E-state index in [1.807, 2.05) is 18.7 Å². The van der Waals surface area contributed by atoms with Gasteiger partial charge in [0.05, 0.1) is 18.3 Å². The Morgan fingerprint density at radius 2 is 1.36 bits per heavy atom. The van der Waals surface area contributed by atoms with Crippen LogP contribution in [0.15, 0.2) is 65.2 Å². The minimum absolute atomic E-state index is 0.246. The van der Waals surface area contributed by atoms with Gasteiger partial charge in [0, 0.05) is 64.5 Å². The highest BCUT2D eigenvalue weighted by molar-refractivity contribution is 5.78. The summed E-state index contributed by atoms with van der Waals surface area (Å²) in [4.78, 5) is 22.4. The molecule has 2 aliphatic rings. The van der Waals surface area contributed by atoms with E-state index < -0.39 is 0 Å². The van der Waals surface area contributed by atoms with Crippen LogP contribution in [-0.4, -0.2) is 89.6 Å². The Hall–Kier alpha value is -3.00. The van der Waals surface area contributed by atoms with Crippen molar-refractivity contribution in [2.75, 3.05) is 58.9 Å². The van der Waals surface area contributed by atoms with Crippen molar-refractivity contribution >= 4 is 5.91 Å². The first kappa shape index (κ1) is 24.7. The van der Waals surface area contributed by atoms with Crippen LogP contribution in [0.5, 0.6) is 0 Å². The SMILES string of the molecule is Cc1noc(C)c1CN1CCN(C(=O)CN2CCN(C(c3ccccc3)c3ccccc3)CC2)CC1. The Morgan fingerprint density at radius 3 is 1.89 bits per heavy atom. The molecule has 2 saturated heterocycles. The lowest BCUT2D eigenvalue weighted by atomic mass is 9.96. The van der Waals surface area contributed by atoms with Crippen molar-refractivity contribution < 1.29 is 9.32 Å². The van der Waals surface area contributed by atoms with E-state index in [2.05, 4.69) is 80.5 Å². The number of aromatic nitrogens is 1. The molecule has 3 aromatic rings. The zero-order chi connectivity index (χ0) is 24.9. The Labute approximate surface area is 214 Å². The van der Waals surface area contributed by atoms with E-state index in [4.69, 9.17) is 4.52 Å². The smallest absolute Gasteiger partial charge is 0.236 e. The summed E-state index contributed by atoms with van der Waals surface area (Å²) >= 11 is 0. The number of piperazine rings is 2. The summed E-state index contributed by atoms with van der Waals surface area (Å²) in [6, 6.07) is 21.8. The van der Waals surface area contributed by atoms with E-state index in [0.717, 1.165) is 70.4 Å². The molecule has 36 heavy (non-hydrogen) atoms. The quantitative estimate of drug-likeness (QED) is 0.510. The molecular weight excluding hydrogens is 450 g/mol. The Balaban J connectivity index is 1.12. The highest BCUT2D eigenvalue weighted by Gasteiger charge is 2.29. The van der Waals surface area contributed by atoms with Gasteiger partial charge in [-0.05, 0) is 25.0 Å². The normalized spacial score (nSPS) is 18.1. The maximum atomic E-state index is 13.1. The van der Waals surface area contributed by atoms with Crippen LogP contribution in [0.4, 0.5) is 0 Å². The van der Waals surface area contributed by atoms with Crippen LogP contribution in [0.25, 0.3) is 0 Å². The molecule has 2 aromatic carbocycles. The van der Waals surface area contributed by atoms with Crippen molar-refractivity contribution in [2.45, 2.75) is 26.4 Å². The Bertz CT molecular complexity index is 1060. The molecule has 0 N–H and O–H groups in total. The fourth-order valence-corrected chi connectivity index (χ4v) is 5.46. The fraction of sp³-hybridized carbons (Fsp3) is 0.448. The second-order valence-electron chi connectivity index (χ2n) is 10.00. The first-order valence-electron chi connectivity index (χ1n) is 13.1. The van der Waals surface area contributed by atoms with E-state index in [1.54, 1.807) is 0 Å². The lowest BCUT2D eigenvalue weighted by Gasteiger charge is -2.40. The van der Waals surface area contributed by atoms with Gasteiger partial charge >= 0.3 is 0 Å². The number of benzene rings is 2. The van der Waals surface area contributed by atoms with Gasteiger partial charge in [0.25, 0.3) is 0 Å². The second-order valence-corrected chi connectivity index (χ2v) is 10.00. The number of aryl methyl sites for hydroxylation is 2. The largest absolute Gasteiger partial charge is 0.361 e. The van der Waals surface area contributed by atoms with Crippen LogP contribution in [0, 0.1) is 13.8 Å².